The van der Waals surface area contributed by atoms with Crippen molar-refractivity contribution >= 4 is 11.9 Å². The van der Waals surface area contributed by atoms with E-state index in [1.807, 2.05) is 0 Å². The van der Waals surface area contributed by atoms with Gasteiger partial charge in [0, 0.05) is 12.8 Å². The van der Waals surface area contributed by atoms with Crippen LogP contribution in [0.1, 0.15) is 174 Å². The Hall–Kier alpha value is -1.82. The van der Waals surface area contributed by atoms with Crippen LogP contribution >= 0.6 is 0 Å². The zero-order chi connectivity index (χ0) is 38.1. The summed E-state index contributed by atoms with van der Waals surface area (Å²) in [6, 6.07) is 0. The van der Waals surface area contributed by atoms with Crippen molar-refractivity contribution in [2.24, 2.45) is 0 Å². The molecule has 1 aliphatic rings. The number of hydrogen-bond donors (Lipinski definition) is 4. The Balaban J connectivity index is 2.39. The molecule has 0 radical (unpaired) electrons. The van der Waals surface area contributed by atoms with Crippen molar-refractivity contribution in [3.8, 4) is 0 Å². The first-order valence-corrected chi connectivity index (χ1v) is 20.9. The zero-order valence-electron chi connectivity index (χ0n) is 32.8. The molecule has 1 aliphatic heterocycles. The SMILES string of the molecule is CCCCCCCC/C=C/C/C=C/CCCCC(=O)O[C@H](COC(=O)CCCCCCCCCCCCCC)CO[C@@H]1O[C@H](CO)[C@H](O)C(O)C1O. The van der Waals surface area contributed by atoms with Crippen molar-refractivity contribution in [1.82, 2.24) is 0 Å². The molecular formula is C42H76O10. The first-order chi connectivity index (χ1) is 25.3. The van der Waals surface area contributed by atoms with Gasteiger partial charge in [0.15, 0.2) is 12.4 Å². The Labute approximate surface area is 315 Å². The Kier molecular flexibility index (Phi) is 31.3. The van der Waals surface area contributed by atoms with Crippen LogP contribution in [-0.2, 0) is 28.5 Å². The lowest BCUT2D eigenvalue weighted by molar-refractivity contribution is -0.305. The summed E-state index contributed by atoms with van der Waals surface area (Å²) in [5.41, 5.74) is 0. The van der Waals surface area contributed by atoms with E-state index in [1.54, 1.807) is 0 Å². The maximum absolute atomic E-state index is 12.7. The van der Waals surface area contributed by atoms with Gasteiger partial charge < -0.3 is 39.4 Å². The number of rotatable bonds is 34. The van der Waals surface area contributed by atoms with E-state index in [9.17, 15) is 30.0 Å². The minimum Gasteiger partial charge on any atom is -0.462 e. The van der Waals surface area contributed by atoms with E-state index in [-0.39, 0.29) is 32.0 Å². The van der Waals surface area contributed by atoms with Gasteiger partial charge in [0.1, 0.15) is 31.0 Å². The van der Waals surface area contributed by atoms with Gasteiger partial charge in [-0.15, -0.1) is 0 Å². The Bertz CT molecular complexity index is 907. The normalized spacial score (nSPS) is 21.2. The van der Waals surface area contributed by atoms with Crippen LogP contribution in [0.3, 0.4) is 0 Å². The number of aliphatic hydroxyl groups excluding tert-OH is 4. The molecule has 0 aromatic rings. The second kappa shape index (κ2) is 33.7. The summed E-state index contributed by atoms with van der Waals surface area (Å²) in [6.45, 7) is 3.37. The van der Waals surface area contributed by atoms with Crippen LogP contribution in [-0.4, -0.2) is 89.0 Å². The fourth-order valence-corrected chi connectivity index (χ4v) is 6.22. The van der Waals surface area contributed by atoms with Crippen molar-refractivity contribution in [1.29, 1.82) is 0 Å². The van der Waals surface area contributed by atoms with Gasteiger partial charge >= 0.3 is 11.9 Å². The van der Waals surface area contributed by atoms with Crippen LogP contribution in [0.2, 0.25) is 0 Å². The van der Waals surface area contributed by atoms with Gasteiger partial charge in [0.2, 0.25) is 0 Å². The van der Waals surface area contributed by atoms with E-state index in [1.165, 1.54) is 96.3 Å². The highest BCUT2D eigenvalue weighted by Crippen LogP contribution is 2.22. The van der Waals surface area contributed by atoms with Gasteiger partial charge in [-0.1, -0.05) is 141 Å². The molecule has 0 spiro atoms. The number of unbranched alkanes of at least 4 members (excludes halogenated alkanes) is 19. The summed E-state index contributed by atoms with van der Waals surface area (Å²) in [4.78, 5) is 25.2. The van der Waals surface area contributed by atoms with Crippen molar-refractivity contribution in [2.45, 2.75) is 211 Å². The molecule has 10 nitrogen and oxygen atoms in total. The maximum atomic E-state index is 12.7. The summed E-state index contributed by atoms with van der Waals surface area (Å²) in [5.74, 6) is -0.842. The number of ether oxygens (including phenoxy) is 4. The molecular weight excluding hydrogens is 664 g/mol. The second-order valence-corrected chi connectivity index (χ2v) is 14.4. The molecule has 2 unspecified atom stereocenters. The van der Waals surface area contributed by atoms with Crippen molar-refractivity contribution < 1.29 is 49.0 Å². The quantitative estimate of drug-likeness (QED) is 0.0289. The van der Waals surface area contributed by atoms with Gasteiger partial charge in [-0.2, -0.15) is 0 Å². The number of aliphatic hydroxyl groups is 4. The molecule has 1 saturated heterocycles. The van der Waals surface area contributed by atoms with E-state index < -0.39 is 49.4 Å². The number of hydrogen-bond acceptors (Lipinski definition) is 10. The van der Waals surface area contributed by atoms with Crippen molar-refractivity contribution in [2.75, 3.05) is 19.8 Å². The van der Waals surface area contributed by atoms with Crippen molar-refractivity contribution in [3.63, 3.8) is 0 Å². The third kappa shape index (κ3) is 25.2. The molecule has 6 atom stereocenters. The highest BCUT2D eigenvalue weighted by atomic mass is 16.7. The fraction of sp³-hybridized carbons (Fsp3) is 0.857. The van der Waals surface area contributed by atoms with Gasteiger partial charge in [-0.25, -0.2) is 0 Å². The Morgan fingerprint density at radius 2 is 1.08 bits per heavy atom. The number of esters is 2. The number of carbonyl (C=O) groups is 2. The van der Waals surface area contributed by atoms with Crippen LogP contribution in [0.25, 0.3) is 0 Å². The summed E-state index contributed by atoms with van der Waals surface area (Å²) in [7, 11) is 0. The lowest BCUT2D eigenvalue weighted by Gasteiger charge is -2.39. The molecule has 0 aromatic heterocycles. The van der Waals surface area contributed by atoms with Crippen LogP contribution in [0.4, 0.5) is 0 Å². The second-order valence-electron chi connectivity index (χ2n) is 14.4. The fourth-order valence-electron chi connectivity index (χ4n) is 6.22. The molecule has 0 amide bonds. The molecule has 0 aromatic carbocycles. The maximum Gasteiger partial charge on any atom is 0.306 e. The standard InChI is InChI=1S/C42H76O10/c1-3-5-7-9-11-13-15-17-18-19-21-23-25-27-29-31-38(45)51-35(34-50-42-41(48)40(47)39(46)36(32-43)52-42)33-49-37(44)30-28-26-24-22-20-16-14-12-10-8-6-4-2/h17-18,21,23,35-36,39-43,46-48H,3-16,19-20,22,24-34H2,1-2H3/b18-17+,23-21+/t35-,36-,39+,40?,41?,42-/m1/s1. The van der Waals surface area contributed by atoms with E-state index >= 15 is 0 Å². The predicted octanol–water partition coefficient (Wildman–Crippen LogP) is 8.16. The van der Waals surface area contributed by atoms with Crippen LogP contribution in [0.5, 0.6) is 0 Å². The molecule has 0 saturated carbocycles. The summed E-state index contributed by atoms with van der Waals surface area (Å²) < 4.78 is 22.1. The molecule has 10 heteroatoms. The summed E-state index contributed by atoms with van der Waals surface area (Å²) in [5, 5.41) is 40.0. The lowest BCUT2D eigenvalue weighted by atomic mass is 9.99. The predicted molar refractivity (Wildman–Crippen MR) is 206 cm³/mol. The molecule has 52 heavy (non-hydrogen) atoms. The molecule has 1 heterocycles. The first kappa shape index (κ1) is 48.2. The van der Waals surface area contributed by atoms with Gasteiger partial charge in [-0.05, 0) is 44.9 Å². The minimum absolute atomic E-state index is 0.190. The van der Waals surface area contributed by atoms with E-state index in [2.05, 4.69) is 38.2 Å². The average molecular weight is 741 g/mol. The summed E-state index contributed by atoms with van der Waals surface area (Å²) >= 11 is 0. The van der Waals surface area contributed by atoms with Crippen molar-refractivity contribution in [3.05, 3.63) is 24.3 Å². The molecule has 1 rings (SSSR count). The number of allylic oxidation sites excluding steroid dienone is 4. The van der Waals surface area contributed by atoms with Crippen LogP contribution in [0.15, 0.2) is 24.3 Å². The monoisotopic (exact) mass is 741 g/mol. The highest BCUT2D eigenvalue weighted by molar-refractivity contribution is 5.70. The lowest BCUT2D eigenvalue weighted by Crippen LogP contribution is -2.59. The van der Waals surface area contributed by atoms with Gasteiger partial charge in [0.25, 0.3) is 0 Å². The van der Waals surface area contributed by atoms with E-state index in [0.717, 1.165) is 44.9 Å². The van der Waals surface area contributed by atoms with E-state index in [4.69, 9.17) is 18.9 Å². The third-order valence-corrected chi connectivity index (χ3v) is 9.59. The summed E-state index contributed by atoms with van der Waals surface area (Å²) in [6.07, 6.45) is 27.6. The highest BCUT2D eigenvalue weighted by Gasteiger charge is 2.44. The average Bonchev–Trinajstić information content (AvgIpc) is 3.14. The largest absolute Gasteiger partial charge is 0.462 e. The molecule has 4 N–H and O–H groups in total. The molecule has 0 bridgehead atoms. The van der Waals surface area contributed by atoms with Crippen LogP contribution < -0.4 is 0 Å². The Morgan fingerprint density at radius 3 is 1.63 bits per heavy atom. The molecule has 0 aliphatic carbocycles. The first-order valence-electron chi connectivity index (χ1n) is 20.9. The zero-order valence-corrected chi connectivity index (χ0v) is 32.8. The molecule has 304 valence electrons. The smallest absolute Gasteiger partial charge is 0.306 e. The minimum atomic E-state index is -1.60. The van der Waals surface area contributed by atoms with Crippen LogP contribution in [0, 0.1) is 0 Å². The number of carbonyl (C=O) groups excluding carboxylic acids is 2. The topological polar surface area (TPSA) is 152 Å². The van der Waals surface area contributed by atoms with Gasteiger partial charge in [0.05, 0.1) is 13.2 Å². The van der Waals surface area contributed by atoms with Gasteiger partial charge in [-0.3, -0.25) is 9.59 Å². The Morgan fingerprint density at radius 1 is 0.596 bits per heavy atom. The molecule has 1 fully saturated rings. The third-order valence-electron chi connectivity index (χ3n) is 9.59. The van der Waals surface area contributed by atoms with E-state index in [0.29, 0.717) is 6.42 Å².